The Morgan fingerprint density at radius 3 is 2.61 bits per heavy atom. The molecule has 0 saturated heterocycles. The molecule has 0 bridgehead atoms. The largest absolute Gasteiger partial charge is 0.339 e. The molecule has 0 atom stereocenters. The molecular formula is C18H20N4O. The Labute approximate surface area is 135 Å². The zero-order chi connectivity index (χ0) is 16.3. The van der Waals surface area contributed by atoms with Gasteiger partial charge in [0.2, 0.25) is 0 Å². The summed E-state index contributed by atoms with van der Waals surface area (Å²) in [7, 11) is 3.83. The number of carbonyl (C=O) groups is 1. The number of aryl methyl sites for hydroxylation is 2. The van der Waals surface area contributed by atoms with Gasteiger partial charge < -0.3 is 9.47 Å². The molecule has 0 spiro atoms. The van der Waals surface area contributed by atoms with Crippen LogP contribution in [0.5, 0.6) is 0 Å². The van der Waals surface area contributed by atoms with Gasteiger partial charge in [0, 0.05) is 49.4 Å². The van der Waals surface area contributed by atoms with Gasteiger partial charge in [-0.1, -0.05) is 18.2 Å². The van der Waals surface area contributed by atoms with E-state index in [0.29, 0.717) is 0 Å². The predicted molar refractivity (Wildman–Crippen MR) is 90.6 cm³/mol. The molecule has 118 valence electrons. The van der Waals surface area contributed by atoms with E-state index >= 15 is 0 Å². The van der Waals surface area contributed by atoms with Gasteiger partial charge in [-0.3, -0.25) is 9.48 Å². The molecule has 0 fully saturated rings. The molecule has 0 N–H and O–H groups in total. The SMILES string of the molecule is Cc1nn(C)c(C)c1-c1cccc2cc3n(c12)CCN(C)C3=O. The third kappa shape index (κ3) is 1.86. The van der Waals surface area contributed by atoms with Crippen molar-refractivity contribution in [1.82, 2.24) is 19.2 Å². The van der Waals surface area contributed by atoms with Crippen LogP contribution >= 0.6 is 0 Å². The topological polar surface area (TPSA) is 43.1 Å². The van der Waals surface area contributed by atoms with Crippen LogP contribution in [0, 0.1) is 13.8 Å². The molecule has 1 aromatic carbocycles. The summed E-state index contributed by atoms with van der Waals surface area (Å²) >= 11 is 0. The minimum atomic E-state index is 0.0954. The molecule has 2 aromatic heterocycles. The molecular weight excluding hydrogens is 288 g/mol. The van der Waals surface area contributed by atoms with E-state index in [-0.39, 0.29) is 5.91 Å². The zero-order valence-electron chi connectivity index (χ0n) is 13.9. The van der Waals surface area contributed by atoms with E-state index in [4.69, 9.17) is 0 Å². The maximum absolute atomic E-state index is 12.5. The van der Waals surface area contributed by atoms with Gasteiger partial charge in [0.15, 0.2) is 0 Å². The van der Waals surface area contributed by atoms with Crippen LogP contribution in [0.3, 0.4) is 0 Å². The van der Waals surface area contributed by atoms with Crippen LogP contribution in [0.15, 0.2) is 24.3 Å². The van der Waals surface area contributed by atoms with Crippen LogP contribution in [0.25, 0.3) is 22.0 Å². The van der Waals surface area contributed by atoms with Crippen molar-refractivity contribution in [3.63, 3.8) is 0 Å². The first-order chi connectivity index (χ1) is 11.0. The molecule has 3 heterocycles. The second-order valence-corrected chi connectivity index (χ2v) is 6.32. The van der Waals surface area contributed by atoms with Crippen LogP contribution in [0.1, 0.15) is 21.9 Å². The molecule has 3 aromatic rings. The van der Waals surface area contributed by atoms with Crippen molar-refractivity contribution in [1.29, 1.82) is 0 Å². The summed E-state index contributed by atoms with van der Waals surface area (Å²) in [5.41, 5.74) is 6.42. The summed E-state index contributed by atoms with van der Waals surface area (Å²) in [4.78, 5) is 14.2. The minimum absolute atomic E-state index is 0.0954. The molecule has 5 nitrogen and oxygen atoms in total. The molecule has 4 rings (SSSR count). The highest BCUT2D eigenvalue weighted by Crippen LogP contribution is 2.35. The van der Waals surface area contributed by atoms with E-state index in [9.17, 15) is 4.79 Å². The van der Waals surface area contributed by atoms with Gasteiger partial charge in [-0.2, -0.15) is 5.10 Å². The standard InChI is InChI=1S/C18H20N4O/c1-11-16(12(2)21(4)19-11)14-7-5-6-13-10-15-18(23)20(3)8-9-22(15)17(13)14/h5-7,10H,8-9H2,1-4H3. The van der Waals surface area contributed by atoms with Gasteiger partial charge >= 0.3 is 0 Å². The number of hydrogen-bond donors (Lipinski definition) is 0. The van der Waals surface area contributed by atoms with Crippen molar-refractivity contribution in [3.8, 4) is 11.1 Å². The highest BCUT2D eigenvalue weighted by atomic mass is 16.2. The minimum Gasteiger partial charge on any atom is -0.339 e. The van der Waals surface area contributed by atoms with E-state index in [1.54, 1.807) is 4.90 Å². The Morgan fingerprint density at radius 1 is 1.13 bits per heavy atom. The quantitative estimate of drug-likeness (QED) is 0.694. The van der Waals surface area contributed by atoms with Crippen molar-refractivity contribution >= 4 is 16.8 Å². The lowest BCUT2D eigenvalue weighted by atomic mass is 10.0. The van der Waals surface area contributed by atoms with Crippen LogP contribution in [0.4, 0.5) is 0 Å². The highest BCUT2D eigenvalue weighted by Gasteiger charge is 2.26. The molecule has 0 aliphatic carbocycles. The lowest BCUT2D eigenvalue weighted by molar-refractivity contribution is 0.0751. The average molecular weight is 308 g/mol. The van der Waals surface area contributed by atoms with E-state index in [1.165, 1.54) is 5.56 Å². The van der Waals surface area contributed by atoms with Crippen molar-refractivity contribution in [2.75, 3.05) is 13.6 Å². The highest BCUT2D eigenvalue weighted by molar-refractivity contribution is 6.04. The van der Waals surface area contributed by atoms with Gasteiger partial charge in [0.1, 0.15) is 5.69 Å². The van der Waals surface area contributed by atoms with Crippen LogP contribution in [-0.4, -0.2) is 38.7 Å². The van der Waals surface area contributed by atoms with Crippen molar-refractivity contribution in [2.45, 2.75) is 20.4 Å². The summed E-state index contributed by atoms with van der Waals surface area (Å²) in [6.07, 6.45) is 0. The smallest absolute Gasteiger partial charge is 0.270 e. The number of benzene rings is 1. The fourth-order valence-corrected chi connectivity index (χ4v) is 3.65. The van der Waals surface area contributed by atoms with Gasteiger partial charge in [0.05, 0.1) is 11.2 Å². The van der Waals surface area contributed by atoms with Crippen LogP contribution in [-0.2, 0) is 13.6 Å². The zero-order valence-corrected chi connectivity index (χ0v) is 13.9. The number of para-hydroxylation sites is 1. The number of amides is 1. The van der Waals surface area contributed by atoms with E-state index in [0.717, 1.165) is 46.6 Å². The molecule has 1 aliphatic rings. The summed E-state index contributed by atoms with van der Waals surface area (Å²) < 4.78 is 4.08. The fraction of sp³-hybridized carbons (Fsp3) is 0.333. The van der Waals surface area contributed by atoms with Gasteiger partial charge in [-0.25, -0.2) is 0 Å². The van der Waals surface area contributed by atoms with E-state index < -0.39 is 0 Å². The van der Waals surface area contributed by atoms with Crippen molar-refractivity contribution < 1.29 is 4.79 Å². The van der Waals surface area contributed by atoms with Gasteiger partial charge in [-0.15, -0.1) is 0 Å². The Hall–Kier alpha value is -2.56. The molecule has 5 heteroatoms. The van der Waals surface area contributed by atoms with Gasteiger partial charge in [-0.05, 0) is 19.9 Å². The molecule has 1 amide bonds. The van der Waals surface area contributed by atoms with Crippen LogP contribution < -0.4 is 0 Å². The van der Waals surface area contributed by atoms with E-state index in [1.807, 2.05) is 31.8 Å². The second kappa shape index (κ2) is 4.72. The molecule has 0 radical (unpaired) electrons. The Bertz CT molecular complexity index is 948. The van der Waals surface area contributed by atoms with Gasteiger partial charge in [0.25, 0.3) is 5.91 Å². The Morgan fingerprint density at radius 2 is 1.91 bits per heavy atom. The third-order valence-corrected chi connectivity index (χ3v) is 4.92. The first-order valence-electron chi connectivity index (χ1n) is 7.87. The number of rotatable bonds is 1. The number of likely N-dealkylation sites (N-methyl/N-ethyl adjacent to an activating group) is 1. The Kier molecular flexibility index (Phi) is 2.88. The maximum Gasteiger partial charge on any atom is 0.270 e. The summed E-state index contributed by atoms with van der Waals surface area (Å²) in [5.74, 6) is 0.0954. The summed E-state index contributed by atoms with van der Waals surface area (Å²) in [6.45, 7) is 5.71. The predicted octanol–water partition coefficient (Wildman–Crippen LogP) is 2.74. The first-order valence-corrected chi connectivity index (χ1v) is 7.87. The second-order valence-electron chi connectivity index (χ2n) is 6.32. The molecule has 0 saturated carbocycles. The van der Waals surface area contributed by atoms with Crippen LogP contribution in [0.2, 0.25) is 0 Å². The average Bonchev–Trinajstić information content (AvgIpc) is 3.02. The number of hydrogen-bond acceptors (Lipinski definition) is 2. The summed E-state index contributed by atoms with van der Waals surface area (Å²) in [6, 6.07) is 8.29. The molecule has 0 unspecified atom stereocenters. The number of fused-ring (bicyclic) bond motifs is 3. The van der Waals surface area contributed by atoms with E-state index in [2.05, 4.69) is 34.8 Å². The third-order valence-electron chi connectivity index (χ3n) is 4.92. The summed E-state index contributed by atoms with van der Waals surface area (Å²) in [5, 5.41) is 5.66. The Balaban J connectivity index is 2.06. The first kappa shape index (κ1) is 14.1. The monoisotopic (exact) mass is 308 g/mol. The number of nitrogens with zero attached hydrogens (tertiary/aromatic N) is 4. The fourth-order valence-electron chi connectivity index (χ4n) is 3.65. The number of carbonyl (C=O) groups excluding carboxylic acids is 1. The number of aromatic nitrogens is 3. The van der Waals surface area contributed by atoms with Crippen molar-refractivity contribution in [2.24, 2.45) is 7.05 Å². The normalized spacial score (nSPS) is 14.6. The molecule has 1 aliphatic heterocycles. The molecule has 23 heavy (non-hydrogen) atoms. The van der Waals surface area contributed by atoms with Crippen molar-refractivity contribution in [3.05, 3.63) is 41.3 Å². The maximum atomic E-state index is 12.5. The lowest BCUT2D eigenvalue weighted by Gasteiger charge is -2.25. The lowest BCUT2D eigenvalue weighted by Crippen LogP contribution is -2.36.